The number of aryl methyl sites for hydroxylation is 1. The first-order chi connectivity index (χ1) is 7.15. The van der Waals surface area contributed by atoms with Crippen molar-refractivity contribution >= 4 is 0 Å². The quantitative estimate of drug-likeness (QED) is 0.777. The van der Waals surface area contributed by atoms with Gasteiger partial charge in [-0.2, -0.15) is 0 Å². The molecule has 1 heterocycles. The van der Waals surface area contributed by atoms with Crippen LogP contribution in [-0.4, -0.2) is 21.3 Å². The van der Waals surface area contributed by atoms with Crippen LogP contribution in [0.25, 0.3) is 0 Å². The molecule has 0 radical (unpaired) electrons. The Hall–Kier alpha value is -0.900. The smallest absolute Gasteiger partial charge is 0.146 e. The van der Waals surface area contributed by atoms with Crippen molar-refractivity contribution in [2.24, 2.45) is 5.92 Å². The molecule has 0 fully saturated rings. The molecule has 0 atom stereocenters. The van der Waals surface area contributed by atoms with Gasteiger partial charge in [0.25, 0.3) is 0 Å². The van der Waals surface area contributed by atoms with E-state index in [9.17, 15) is 0 Å². The van der Waals surface area contributed by atoms with Crippen LogP contribution in [0.5, 0.6) is 0 Å². The third kappa shape index (κ3) is 3.63. The molecule has 15 heavy (non-hydrogen) atoms. The largest absolute Gasteiger partial charge is 0.314 e. The van der Waals surface area contributed by atoms with Crippen molar-refractivity contribution in [1.29, 1.82) is 0 Å². The van der Waals surface area contributed by atoms with E-state index in [2.05, 4.69) is 40.9 Å². The standard InChI is InChI=1S/C11H22N4/c1-5-6-15-10(4)13-14-11(15)8-12-7-9(2)3/h9,12H,5-8H2,1-4H3. The lowest BCUT2D eigenvalue weighted by molar-refractivity contribution is 0.523. The van der Waals surface area contributed by atoms with Crippen molar-refractivity contribution in [1.82, 2.24) is 20.1 Å². The maximum Gasteiger partial charge on any atom is 0.146 e. The monoisotopic (exact) mass is 210 g/mol. The molecule has 0 aliphatic heterocycles. The van der Waals surface area contributed by atoms with E-state index in [1.165, 1.54) is 0 Å². The molecular formula is C11H22N4. The minimum atomic E-state index is 0.675. The number of hydrogen-bond acceptors (Lipinski definition) is 3. The Morgan fingerprint density at radius 3 is 2.67 bits per heavy atom. The van der Waals surface area contributed by atoms with E-state index in [0.717, 1.165) is 37.7 Å². The predicted molar refractivity (Wildman–Crippen MR) is 61.6 cm³/mol. The van der Waals surface area contributed by atoms with Gasteiger partial charge in [-0.15, -0.1) is 10.2 Å². The van der Waals surface area contributed by atoms with Crippen molar-refractivity contribution in [2.75, 3.05) is 6.54 Å². The van der Waals surface area contributed by atoms with Gasteiger partial charge < -0.3 is 9.88 Å². The van der Waals surface area contributed by atoms with Crippen LogP contribution in [0.15, 0.2) is 0 Å². The van der Waals surface area contributed by atoms with Gasteiger partial charge >= 0.3 is 0 Å². The minimum Gasteiger partial charge on any atom is -0.314 e. The Balaban J connectivity index is 2.52. The summed E-state index contributed by atoms with van der Waals surface area (Å²) in [4.78, 5) is 0. The molecule has 0 amide bonds. The molecule has 4 nitrogen and oxygen atoms in total. The highest BCUT2D eigenvalue weighted by Gasteiger charge is 2.07. The summed E-state index contributed by atoms with van der Waals surface area (Å²) in [7, 11) is 0. The van der Waals surface area contributed by atoms with E-state index in [1.807, 2.05) is 6.92 Å². The molecule has 0 unspecified atom stereocenters. The molecular weight excluding hydrogens is 188 g/mol. The van der Waals surface area contributed by atoms with Gasteiger partial charge in [-0.25, -0.2) is 0 Å². The molecule has 0 saturated heterocycles. The van der Waals surface area contributed by atoms with Crippen molar-refractivity contribution in [3.05, 3.63) is 11.6 Å². The fraction of sp³-hybridized carbons (Fsp3) is 0.818. The molecule has 0 aliphatic carbocycles. The van der Waals surface area contributed by atoms with Crippen LogP contribution < -0.4 is 5.32 Å². The van der Waals surface area contributed by atoms with E-state index < -0.39 is 0 Å². The molecule has 0 aliphatic rings. The summed E-state index contributed by atoms with van der Waals surface area (Å²) in [6.45, 7) is 11.4. The Labute approximate surface area is 92.1 Å². The summed E-state index contributed by atoms with van der Waals surface area (Å²) < 4.78 is 2.19. The maximum atomic E-state index is 4.18. The van der Waals surface area contributed by atoms with Gasteiger partial charge in [0, 0.05) is 6.54 Å². The number of rotatable bonds is 6. The highest BCUT2D eigenvalue weighted by molar-refractivity contribution is 4.93. The number of hydrogen-bond donors (Lipinski definition) is 1. The van der Waals surface area contributed by atoms with Crippen molar-refractivity contribution < 1.29 is 0 Å². The summed E-state index contributed by atoms with van der Waals surface area (Å²) in [6.07, 6.45) is 1.12. The summed E-state index contributed by atoms with van der Waals surface area (Å²) in [5, 5.41) is 11.7. The van der Waals surface area contributed by atoms with E-state index >= 15 is 0 Å². The number of nitrogens with zero attached hydrogens (tertiary/aromatic N) is 3. The summed E-state index contributed by atoms with van der Waals surface area (Å²) in [6, 6.07) is 0. The second-order valence-corrected chi connectivity index (χ2v) is 4.34. The van der Waals surface area contributed by atoms with Gasteiger partial charge in [0.15, 0.2) is 0 Å². The Morgan fingerprint density at radius 1 is 1.33 bits per heavy atom. The molecule has 0 aromatic carbocycles. The van der Waals surface area contributed by atoms with E-state index in [-0.39, 0.29) is 0 Å². The zero-order valence-electron chi connectivity index (χ0n) is 10.2. The van der Waals surface area contributed by atoms with Crippen LogP contribution in [0.2, 0.25) is 0 Å². The molecule has 4 heteroatoms. The second-order valence-electron chi connectivity index (χ2n) is 4.34. The molecule has 1 aromatic heterocycles. The van der Waals surface area contributed by atoms with Gasteiger partial charge in [-0.05, 0) is 25.8 Å². The van der Waals surface area contributed by atoms with Crippen LogP contribution >= 0.6 is 0 Å². The minimum absolute atomic E-state index is 0.675. The lowest BCUT2D eigenvalue weighted by atomic mass is 10.2. The summed E-state index contributed by atoms with van der Waals surface area (Å²) in [5.74, 6) is 2.74. The van der Waals surface area contributed by atoms with Crippen LogP contribution in [-0.2, 0) is 13.1 Å². The normalized spacial score (nSPS) is 11.3. The number of aromatic nitrogens is 3. The van der Waals surface area contributed by atoms with Gasteiger partial charge in [0.2, 0.25) is 0 Å². The third-order valence-corrected chi connectivity index (χ3v) is 2.30. The molecule has 0 spiro atoms. The van der Waals surface area contributed by atoms with Gasteiger partial charge in [-0.1, -0.05) is 20.8 Å². The van der Waals surface area contributed by atoms with Crippen LogP contribution in [0.4, 0.5) is 0 Å². The Kier molecular flexibility index (Phi) is 4.75. The Morgan fingerprint density at radius 2 is 2.07 bits per heavy atom. The average Bonchev–Trinajstić information content (AvgIpc) is 2.50. The van der Waals surface area contributed by atoms with Crippen LogP contribution in [0.3, 0.4) is 0 Å². The van der Waals surface area contributed by atoms with Crippen molar-refractivity contribution in [2.45, 2.75) is 47.2 Å². The molecule has 86 valence electrons. The highest BCUT2D eigenvalue weighted by Crippen LogP contribution is 2.02. The molecule has 0 bridgehead atoms. The maximum absolute atomic E-state index is 4.18. The van der Waals surface area contributed by atoms with Crippen molar-refractivity contribution in [3.8, 4) is 0 Å². The van der Waals surface area contributed by atoms with Crippen molar-refractivity contribution in [3.63, 3.8) is 0 Å². The highest BCUT2D eigenvalue weighted by atomic mass is 15.3. The second kappa shape index (κ2) is 5.85. The topological polar surface area (TPSA) is 42.7 Å². The SMILES string of the molecule is CCCn1c(C)nnc1CNCC(C)C. The molecule has 1 rings (SSSR count). The van der Waals surface area contributed by atoms with Gasteiger partial charge in [-0.3, -0.25) is 0 Å². The zero-order chi connectivity index (χ0) is 11.3. The molecule has 0 saturated carbocycles. The fourth-order valence-electron chi connectivity index (χ4n) is 1.54. The Bertz CT molecular complexity index is 291. The molecule has 1 aromatic rings. The first kappa shape index (κ1) is 12.2. The van der Waals surface area contributed by atoms with Gasteiger partial charge in [0.1, 0.15) is 11.6 Å². The summed E-state index contributed by atoms with van der Waals surface area (Å²) in [5.41, 5.74) is 0. The summed E-state index contributed by atoms with van der Waals surface area (Å²) >= 11 is 0. The third-order valence-electron chi connectivity index (χ3n) is 2.30. The van der Waals surface area contributed by atoms with Gasteiger partial charge in [0.05, 0.1) is 6.54 Å². The average molecular weight is 210 g/mol. The van der Waals surface area contributed by atoms with Crippen LogP contribution in [0.1, 0.15) is 38.8 Å². The first-order valence-corrected chi connectivity index (χ1v) is 5.74. The van der Waals surface area contributed by atoms with E-state index in [4.69, 9.17) is 0 Å². The number of nitrogens with one attached hydrogen (secondary N) is 1. The lowest BCUT2D eigenvalue weighted by Crippen LogP contribution is -2.21. The van der Waals surface area contributed by atoms with Crippen LogP contribution in [0, 0.1) is 12.8 Å². The molecule has 1 N–H and O–H groups in total. The fourth-order valence-corrected chi connectivity index (χ4v) is 1.54. The van der Waals surface area contributed by atoms with E-state index in [0.29, 0.717) is 5.92 Å². The van der Waals surface area contributed by atoms with E-state index in [1.54, 1.807) is 0 Å². The zero-order valence-corrected chi connectivity index (χ0v) is 10.2. The first-order valence-electron chi connectivity index (χ1n) is 5.74. The predicted octanol–water partition coefficient (Wildman–Crippen LogP) is 1.74. The lowest BCUT2D eigenvalue weighted by Gasteiger charge is -2.09.